The predicted molar refractivity (Wildman–Crippen MR) is 113 cm³/mol. The van der Waals surface area contributed by atoms with E-state index in [0.29, 0.717) is 18.3 Å². The molecular formula is C20H24N6OS. The van der Waals surface area contributed by atoms with Crippen LogP contribution in [0.4, 0.5) is 10.6 Å². The molecule has 0 aromatic carbocycles. The zero-order valence-electron chi connectivity index (χ0n) is 16.1. The zero-order valence-corrected chi connectivity index (χ0v) is 16.9. The Morgan fingerprint density at radius 2 is 2.25 bits per heavy atom. The smallest absolute Gasteiger partial charge is 0.312 e. The molecule has 1 fully saturated rings. The van der Waals surface area contributed by atoms with Gasteiger partial charge in [0.15, 0.2) is 5.82 Å². The Morgan fingerprint density at radius 1 is 1.39 bits per heavy atom. The number of piperidine rings is 1. The molecule has 1 atom stereocenters. The van der Waals surface area contributed by atoms with Gasteiger partial charge in [-0.3, -0.25) is 4.98 Å². The monoisotopic (exact) mass is 396 g/mol. The van der Waals surface area contributed by atoms with Gasteiger partial charge in [-0.25, -0.2) is 14.8 Å². The van der Waals surface area contributed by atoms with Crippen molar-refractivity contribution in [1.29, 1.82) is 0 Å². The first-order valence-electron chi connectivity index (χ1n) is 9.49. The Bertz CT molecular complexity index is 1000. The van der Waals surface area contributed by atoms with Crippen LogP contribution in [-0.2, 0) is 0 Å². The summed E-state index contributed by atoms with van der Waals surface area (Å²) in [5.74, 6) is 2.04. The number of anilines is 1. The van der Waals surface area contributed by atoms with E-state index in [9.17, 15) is 4.79 Å². The van der Waals surface area contributed by atoms with E-state index in [0.717, 1.165) is 47.5 Å². The highest BCUT2D eigenvalue weighted by Gasteiger charge is 2.25. The van der Waals surface area contributed by atoms with Gasteiger partial charge < -0.3 is 16.0 Å². The van der Waals surface area contributed by atoms with Gasteiger partial charge in [-0.1, -0.05) is 0 Å². The minimum absolute atomic E-state index is 0.355. The first-order chi connectivity index (χ1) is 13.5. The molecule has 1 saturated heterocycles. The summed E-state index contributed by atoms with van der Waals surface area (Å²) in [6.07, 6.45) is 5.68. The molecule has 1 aliphatic rings. The molecule has 2 amide bonds. The minimum Gasteiger partial charge on any atom is -0.356 e. The lowest BCUT2D eigenvalue weighted by molar-refractivity contribution is 0.246. The largest absolute Gasteiger partial charge is 0.356 e. The van der Waals surface area contributed by atoms with Crippen molar-refractivity contribution >= 4 is 33.4 Å². The van der Waals surface area contributed by atoms with Crippen LogP contribution >= 0.6 is 11.3 Å². The number of nitrogens with one attached hydrogen (secondary N) is 1. The lowest BCUT2D eigenvalue weighted by Gasteiger charge is -2.34. The van der Waals surface area contributed by atoms with E-state index in [1.807, 2.05) is 12.1 Å². The predicted octanol–water partition coefficient (Wildman–Crippen LogP) is 3.25. The van der Waals surface area contributed by atoms with Gasteiger partial charge in [0.25, 0.3) is 0 Å². The molecule has 8 heteroatoms. The fraction of sp³-hybridized carbons (Fsp3) is 0.400. The van der Waals surface area contributed by atoms with Crippen molar-refractivity contribution in [3.8, 4) is 11.4 Å². The minimum atomic E-state index is -0.468. The van der Waals surface area contributed by atoms with Crippen LogP contribution in [0.2, 0.25) is 0 Å². The van der Waals surface area contributed by atoms with E-state index < -0.39 is 6.03 Å². The number of thiophene rings is 1. The van der Waals surface area contributed by atoms with Gasteiger partial charge in [0.2, 0.25) is 0 Å². The van der Waals surface area contributed by atoms with Gasteiger partial charge in [0.05, 0.1) is 5.39 Å². The normalized spacial score (nSPS) is 17.1. The van der Waals surface area contributed by atoms with Crippen molar-refractivity contribution in [1.82, 2.24) is 20.3 Å². The molecule has 146 valence electrons. The Balaban J connectivity index is 1.75. The number of carbonyl (C=O) groups is 1. The Labute approximate surface area is 168 Å². The number of rotatable bonds is 4. The van der Waals surface area contributed by atoms with Gasteiger partial charge in [0, 0.05) is 42.5 Å². The average Bonchev–Trinajstić information content (AvgIpc) is 3.00. The third-order valence-corrected chi connectivity index (χ3v) is 6.41. The molecule has 0 radical (unpaired) electrons. The molecule has 7 nitrogen and oxygen atoms in total. The number of amides is 2. The number of pyridine rings is 1. The van der Waals surface area contributed by atoms with Crippen LogP contribution in [-0.4, -0.2) is 40.6 Å². The molecule has 4 rings (SSSR count). The van der Waals surface area contributed by atoms with Gasteiger partial charge in [0.1, 0.15) is 10.6 Å². The van der Waals surface area contributed by atoms with Crippen molar-refractivity contribution < 1.29 is 4.79 Å². The van der Waals surface area contributed by atoms with Crippen molar-refractivity contribution in [3.05, 3.63) is 35.0 Å². The van der Waals surface area contributed by atoms with E-state index in [4.69, 9.17) is 15.7 Å². The summed E-state index contributed by atoms with van der Waals surface area (Å²) in [4.78, 5) is 29.7. The molecule has 1 aliphatic heterocycles. The zero-order chi connectivity index (χ0) is 19.7. The maximum Gasteiger partial charge on any atom is 0.312 e. The first kappa shape index (κ1) is 18.6. The highest BCUT2D eigenvalue weighted by atomic mass is 32.1. The number of aryl methyl sites for hydroxylation is 2. The van der Waals surface area contributed by atoms with Crippen LogP contribution in [0.5, 0.6) is 0 Å². The molecular weight excluding hydrogens is 372 g/mol. The quantitative estimate of drug-likeness (QED) is 0.705. The molecule has 3 N–H and O–H groups in total. The third kappa shape index (κ3) is 3.64. The standard InChI is InChI=1S/C20H24N6OS/c1-12-13(2)28-19-16(12)18(24-17(25-19)15-6-3-7-22-10-15)26-8-4-5-14(11-26)9-23-20(21)27/h3,6-7,10,14H,4-5,8-9,11H2,1-2H3,(H3,21,23,27). The number of nitrogens with two attached hydrogens (primary N) is 1. The van der Waals surface area contributed by atoms with Crippen molar-refractivity contribution in [2.24, 2.45) is 11.7 Å². The molecule has 28 heavy (non-hydrogen) atoms. The first-order valence-corrected chi connectivity index (χ1v) is 10.3. The fourth-order valence-electron chi connectivity index (χ4n) is 3.75. The highest BCUT2D eigenvalue weighted by molar-refractivity contribution is 7.18. The fourth-order valence-corrected chi connectivity index (χ4v) is 4.77. The van der Waals surface area contributed by atoms with Crippen LogP contribution in [0.25, 0.3) is 21.6 Å². The maximum atomic E-state index is 11.1. The summed E-state index contributed by atoms with van der Waals surface area (Å²) in [7, 11) is 0. The number of hydrogen-bond acceptors (Lipinski definition) is 6. The molecule has 0 bridgehead atoms. The van der Waals surface area contributed by atoms with Crippen molar-refractivity contribution in [2.45, 2.75) is 26.7 Å². The number of carbonyl (C=O) groups excluding carboxylic acids is 1. The van der Waals surface area contributed by atoms with E-state index in [-0.39, 0.29) is 0 Å². The molecule has 0 spiro atoms. The van der Waals surface area contributed by atoms with Crippen molar-refractivity contribution in [3.63, 3.8) is 0 Å². The third-order valence-electron chi connectivity index (χ3n) is 5.31. The molecule has 3 aromatic rings. The number of fused-ring (bicyclic) bond motifs is 1. The maximum absolute atomic E-state index is 11.1. The molecule has 0 saturated carbocycles. The van der Waals surface area contributed by atoms with E-state index in [2.05, 4.69) is 29.0 Å². The Morgan fingerprint density at radius 3 is 3.00 bits per heavy atom. The molecule has 1 unspecified atom stereocenters. The Kier molecular flexibility index (Phi) is 5.13. The lowest BCUT2D eigenvalue weighted by Crippen LogP contribution is -2.42. The lowest BCUT2D eigenvalue weighted by atomic mass is 9.97. The second-order valence-corrected chi connectivity index (χ2v) is 8.48. The Hall–Kier alpha value is -2.74. The average molecular weight is 397 g/mol. The topological polar surface area (TPSA) is 97.0 Å². The van der Waals surface area contributed by atoms with Gasteiger partial charge in [-0.2, -0.15) is 0 Å². The van der Waals surface area contributed by atoms with Crippen LogP contribution in [0.3, 0.4) is 0 Å². The van der Waals surface area contributed by atoms with Crippen LogP contribution in [0.1, 0.15) is 23.3 Å². The summed E-state index contributed by atoms with van der Waals surface area (Å²) >= 11 is 1.71. The number of primary amides is 1. The van der Waals surface area contributed by atoms with Crippen LogP contribution in [0, 0.1) is 19.8 Å². The number of nitrogens with zero attached hydrogens (tertiary/aromatic N) is 4. The number of urea groups is 1. The summed E-state index contributed by atoms with van der Waals surface area (Å²) in [6.45, 7) is 6.65. The SMILES string of the molecule is Cc1sc2nc(-c3cccnc3)nc(N3CCCC(CNC(N)=O)C3)c2c1C. The summed E-state index contributed by atoms with van der Waals surface area (Å²) in [5, 5.41) is 3.89. The van der Waals surface area contributed by atoms with Gasteiger partial charge >= 0.3 is 6.03 Å². The van der Waals surface area contributed by atoms with Gasteiger partial charge in [-0.15, -0.1) is 11.3 Å². The van der Waals surface area contributed by atoms with Gasteiger partial charge in [-0.05, 0) is 50.3 Å². The second kappa shape index (κ2) is 7.71. The van der Waals surface area contributed by atoms with E-state index in [1.54, 1.807) is 23.7 Å². The second-order valence-electron chi connectivity index (χ2n) is 7.28. The summed E-state index contributed by atoms with van der Waals surface area (Å²) in [6, 6.07) is 3.42. The van der Waals surface area contributed by atoms with E-state index >= 15 is 0 Å². The van der Waals surface area contributed by atoms with Crippen LogP contribution < -0.4 is 16.0 Å². The molecule has 3 aromatic heterocycles. The summed E-state index contributed by atoms with van der Waals surface area (Å²) < 4.78 is 0. The highest BCUT2D eigenvalue weighted by Crippen LogP contribution is 2.37. The number of aromatic nitrogens is 3. The van der Waals surface area contributed by atoms with Crippen LogP contribution in [0.15, 0.2) is 24.5 Å². The molecule has 4 heterocycles. The van der Waals surface area contributed by atoms with E-state index in [1.165, 1.54) is 10.4 Å². The molecule has 0 aliphatic carbocycles. The van der Waals surface area contributed by atoms with Crippen molar-refractivity contribution in [2.75, 3.05) is 24.5 Å². The number of hydrogen-bond donors (Lipinski definition) is 2. The summed E-state index contributed by atoms with van der Waals surface area (Å²) in [5.41, 5.74) is 7.40.